The quantitative estimate of drug-likeness (QED) is 0.771. The van der Waals surface area contributed by atoms with E-state index in [-0.39, 0.29) is 6.04 Å². The molecule has 3 heterocycles. The zero-order valence-corrected chi connectivity index (χ0v) is 12.4. The Morgan fingerprint density at radius 1 is 1.26 bits per heavy atom. The Kier molecular flexibility index (Phi) is 3.24. The summed E-state index contributed by atoms with van der Waals surface area (Å²) in [4.78, 5) is 11.7. The van der Waals surface area contributed by atoms with Crippen LogP contribution in [-0.2, 0) is 4.74 Å². The topological polar surface area (TPSA) is 81.7 Å². The molecule has 4 rings (SSSR count). The van der Waals surface area contributed by atoms with E-state index in [0.717, 1.165) is 16.6 Å². The first-order valence-corrected chi connectivity index (χ1v) is 7.43. The van der Waals surface area contributed by atoms with Gasteiger partial charge in [0.05, 0.1) is 42.2 Å². The molecule has 1 amide bonds. The van der Waals surface area contributed by atoms with Gasteiger partial charge < -0.3 is 15.8 Å². The lowest BCUT2D eigenvalue weighted by molar-refractivity contribution is 0.0211. The van der Waals surface area contributed by atoms with Crippen molar-refractivity contribution in [2.24, 2.45) is 5.73 Å². The number of fused-ring (bicyclic) bond motifs is 1. The predicted octanol–water partition coefficient (Wildman–Crippen LogP) is 1.91. The molecule has 0 bridgehead atoms. The second kappa shape index (κ2) is 5.40. The summed E-state index contributed by atoms with van der Waals surface area (Å²) >= 11 is 0. The highest BCUT2D eigenvalue weighted by Gasteiger charge is 2.23. The molecule has 2 aromatic heterocycles. The average Bonchev–Trinajstić information content (AvgIpc) is 2.95. The maximum Gasteiger partial charge on any atom is 0.252 e. The lowest BCUT2D eigenvalue weighted by atomic mass is 10.1. The summed E-state index contributed by atoms with van der Waals surface area (Å²) in [6.07, 6.45) is 3.45. The molecule has 23 heavy (non-hydrogen) atoms. The fourth-order valence-electron chi connectivity index (χ4n) is 2.71. The van der Waals surface area contributed by atoms with Gasteiger partial charge in [0.15, 0.2) is 0 Å². The SMILES string of the molecule is NC(=O)c1cnn2cc(-c3ccccc3)cc2c1NC1COC1. The van der Waals surface area contributed by atoms with E-state index in [1.807, 2.05) is 42.6 Å². The summed E-state index contributed by atoms with van der Waals surface area (Å²) in [5.74, 6) is -0.495. The van der Waals surface area contributed by atoms with Crippen LogP contribution in [0.3, 0.4) is 0 Å². The van der Waals surface area contributed by atoms with Gasteiger partial charge in [-0.05, 0) is 11.6 Å². The van der Waals surface area contributed by atoms with E-state index in [1.165, 1.54) is 6.20 Å². The first kappa shape index (κ1) is 13.8. The Morgan fingerprint density at radius 2 is 2.04 bits per heavy atom. The number of rotatable bonds is 4. The standard InChI is InChI=1S/C17H16N4O2/c18-17(22)14-7-19-21-8-12(11-4-2-1-3-5-11)6-15(21)16(14)20-13-9-23-10-13/h1-8,13,20H,9-10H2,(H2,18,22). The van der Waals surface area contributed by atoms with Crippen molar-refractivity contribution in [3.63, 3.8) is 0 Å². The predicted molar refractivity (Wildman–Crippen MR) is 87.4 cm³/mol. The number of aromatic nitrogens is 2. The van der Waals surface area contributed by atoms with Crippen molar-refractivity contribution in [2.45, 2.75) is 6.04 Å². The third kappa shape index (κ3) is 2.43. The molecule has 1 fully saturated rings. The van der Waals surface area contributed by atoms with Gasteiger partial charge in [-0.1, -0.05) is 30.3 Å². The van der Waals surface area contributed by atoms with Crippen LogP contribution in [0.15, 0.2) is 48.8 Å². The molecule has 0 radical (unpaired) electrons. The number of carbonyl (C=O) groups is 1. The summed E-state index contributed by atoms with van der Waals surface area (Å²) in [7, 11) is 0. The van der Waals surface area contributed by atoms with Gasteiger partial charge in [-0.25, -0.2) is 4.52 Å². The lowest BCUT2D eigenvalue weighted by Crippen LogP contribution is -2.41. The average molecular weight is 308 g/mol. The molecular formula is C17H16N4O2. The summed E-state index contributed by atoms with van der Waals surface area (Å²) in [5, 5.41) is 7.65. The van der Waals surface area contributed by atoms with Crippen LogP contribution in [0.1, 0.15) is 10.4 Å². The molecule has 3 aromatic rings. The second-order valence-electron chi connectivity index (χ2n) is 5.60. The van der Waals surface area contributed by atoms with Gasteiger partial charge in [-0.15, -0.1) is 0 Å². The maximum atomic E-state index is 11.7. The van der Waals surface area contributed by atoms with Gasteiger partial charge in [0.2, 0.25) is 0 Å². The van der Waals surface area contributed by atoms with Crippen LogP contribution >= 0.6 is 0 Å². The number of carbonyl (C=O) groups excluding carboxylic acids is 1. The number of hydrogen-bond acceptors (Lipinski definition) is 4. The number of nitrogens with one attached hydrogen (secondary N) is 1. The molecule has 6 nitrogen and oxygen atoms in total. The highest BCUT2D eigenvalue weighted by atomic mass is 16.5. The van der Waals surface area contributed by atoms with Crippen LogP contribution in [-0.4, -0.2) is 34.8 Å². The van der Waals surface area contributed by atoms with E-state index in [2.05, 4.69) is 10.4 Å². The van der Waals surface area contributed by atoms with Gasteiger partial charge in [0.25, 0.3) is 5.91 Å². The zero-order chi connectivity index (χ0) is 15.8. The zero-order valence-electron chi connectivity index (χ0n) is 12.4. The number of hydrogen-bond donors (Lipinski definition) is 2. The Morgan fingerprint density at radius 3 is 2.70 bits per heavy atom. The Labute approximate surface area is 132 Å². The van der Waals surface area contributed by atoms with Gasteiger partial charge in [-0.3, -0.25) is 4.79 Å². The highest BCUT2D eigenvalue weighted by molar-refractivity contribution is 6.02. The van der Waals surface area contributed by atoms with Crippen molar-refractivity contribution in [2.75, 3.05) is 18.5 Å². The Hall–Kier alpha value is -2.86. The number of nitrogens with zero attached hydrogens (tertiary/aromatic N) is 2. The van der Waals surface area contributed by atoms with Gasteiger partial charge in [0.1, 0.15) is 0 Å². The minimum Gasteiger partial charge on any atom is -0.377 e. The van der Waals surface area contributed by atoms with Crippen LogP contribution in [0.25, 0.3) is 16.6 Å². The van der Waals surface area contributed by atoms with Crippen LogP contribution in [0.5, 0.6) is 0 Å². The number of primary amides is 1. The molecule has 1 saturated heterocycles. The van der Waals surface area contributed by atoms with E-state index in [1.54, 1.807) is 4.52 Å². The van der Waals surface area contributed by atoms with E-state index in [4.69, 9.17) is 10.5 Å². The Bertz CT molecular complexity index is 869. The molecule has 0 saturated carbocycles. The highest BCUT2D eigenvalue weighted by Crippen LogP contribution is 2.29. The van der Waals surface area contributed by atoms with Crippen molar-refractivity contribution < 1.29 is 9.53 Å². The van der Waals surface area contributed by atoms with Crippen molar-refractivity contribution in [3.8, 4) is 11.1 Å². The van der Waals surface area contributed by atoms with Crippen LogP contribution in [0, 0.1) is 0 Å². The van der Waals surface area contributed by atoms with E-state index in [0.29, 0.717) is 24.5 Å². The molecule has 0 unspecified atom stereocenters. The van der Waals surface area contributed by atoms with Crippen LogP contribution in [0.2, 0.25) is 0 Å². The molecule has 1 aliphatic rings. The smallest absolute Gasteiger partial charge is 0.252 e. The fraction of sp³-hybridized carbons (Fsp3) is 0.176. The van der Waals surface area contributed by atoms with Crippen molar-refractivity contribution >= 4 is 17.1 Å². The van der Waals surface area contributed by atoms with Gasteiger partial charge in [0, 0.05) is 11.8 Å². The molecule has 3 N–H and O–H groups in total. The normalized spacial score (nSPS) is 14.6. The van der Waals surface area contributed by atoms with E-state index >= 15 is 0 Å². The van der Waals surface area contributed by atoms with E-state index < -0.39 is 5.91 Å². The number of nitrogens with two attached hydrogens (primary N) is 1. The minimum absolute atomic E-state index is 0.189. The molecule has 0 aliphatic carbocycles. The summed E-state index contributed by atoms with van der Waals surface area (Å²) in [6, 6.07) is 12.2. The monoisotopic (exact) mass is 308 g/mol. The number of ether oxygens (including phenoxy) is 1. The third-order valence-corrected chi connectivity index (χ3v) is 4.00. The molecule has 0 atom stereocenters. The summed E-state index contributed by atoms with van der Waals surface area (Å²) < 4.78 is 6.95. The largest absolute Gasteiger partial charge is 0.377 e. The fourth-order valence-corrected chi connectivity index (χ4v) is 2.71. The van der Waals surface area contributed by atoms with Crippen molar-refractivity contribution in [3.05, 3.63) is 54.4 Å². The molecule has 6 heteroatoms. The first-order valence-electron chi connectivity index (χ1n) is 7.43. The molecule has 116 valence electrons. The molecule has 0 spiro atoms. The minimum atomic E-state index is -0.495. The maximum absolute atomic E-state index is 11.7. The van der Waals surface area contributed by atoms with Gasteiger partial charge >= 0.3 is 0 Å². The number of anilines is 1. The van der Waals surface area contributed by atoms with Crippen LogP contribution in [0.4, 0.5) is 5.69 Å². The molecular weight excluding hydrogens is 292 g/mol. The van der Waals surface area contributed by atoms with Crippen molar-refractivity contribution in [1.29, 1.82) is 0 Å². The summed E-state index contributed by atoms with van der Waals surface area (Å²) in [5.41, 5.74) is 9.56. The Balaban J connectivity index is 1.85. The van der Waals surface area contributed by atoms with Crippen LogP contribution < -0.4 is 11.1 Å². The van der Waals surface area contributed by atoms with Crippen molar-refractivity contribution in [1.82, 2.24) is 9.61 Å². The van der Waals surface area contributed by atoms with Gasteiger partial charge in [-0.2, -0.15) is 5.10 Å². The lowest BCUT2D eigenvalue weighted by Gasteiger charge is -2.28. The summed E-state index contributed by atoms with van der Waals surface area (Å²) in [6.45, 7) is 1.25. The molecule has 1 aromatic carbocycles. The van der Waals surface area contributed by atoms with E-state index in [9.17, 15) is 4.79 Å². The second-order valence-corrected chi connectivity index (χ2v) is 5.60. The molecule has 1 aliphatic heterocycles. The first-order chi connectivity index (χ1) is 11.2. The third-order valence-electron chi connectivity index (χ3n) is 4.00. The number of amides is 1. The number of benzene rings is 1.